The highest BCUT2D eigenvalue weighted by Gasteiger charge is 2.22. The van der Waals surface area contributed by atoms with Crippen LogP contribution in [0.3, 0.4) is 0 Å². The molecule has 6 nitrogen and oxygen atoms in total. The first kappa shape index (κ1) is 21.0. The van der Waals surface area contributed by atoms with Gasteiger partial charge in [-0.1, -0.05) is 20.8 Å². The predicted octanol–water partition coefficient (Wildman–Crippen LogP) is 2.42. The summed E-state index contributed by atoms with van der Waals surface area (Å²) in [6, 6.07) is 5.41. The summed E-state index contributed by atoms with van der Waals surface area (Å²) in [6.45, 7) is 7.10. The SMILES string of the molecule is CN(C)CCCNC(=O)c1cc(NC(=O)C(C)(C)C)ccc1N(C)C. The molecule has 0 heterocycles. The maximum absolute atomic E-state index is 12.6. The highest BCUT2D eigenvalue weighted by Crippen LogP contribution is 2.24. The van der Waals surface area contributed by atoms with Crippen LogP contribution < -0.4 is 15.5 Å². The van der Waals surface area contributed by atoms with Gasteiger partial charge in [0.25, 0.3) is 5.91 Å². The summed E-state index contributed by atoms with van der Waals surface area (Å²) < 4.78 is 0. The zero-order valence-corrected chi connectivity index (χ0v) is 16.6. The van der Waals surface area contributed by atoms with Gasteiger partial charge in [-0.15, -0.1) is 0 Å². The van der Waals surface area contributed by atoms with Crippen molar-refractivity contribution in [2.45, 2.75) is 27.2 Å². The molecule has 1 rings (SSSR count). The normalized spacial score (nSPS) is 11.4. The van der Waals surface area contributed by atoms with Gasteiger partial charge in [0.15, 0.2) is 0 Å². The Morgan fingerprint density at radius 2 is 1.72 bits per heavy atom. The van der Waals surface area contributed by atoms with E-state index in [0.717, 1.165) is 18.7 Å². The van der Waals surface area contributed by atoms with Crippen molar-refractivity contribution in [3.8, 4) is 0 Å². The standard InChI is InChI=1S/C19H32N4O2/c1-19(2,3)18(25)21-14-9-10-16(23(6)7)15(13-14)17(24)20-11-8-12-22(4)5/h9-10,13H,8,11-12H2,1-7H3,(H,20,24)(H,21,25). The molecule has 1 aromatic carbocycles. The van der Waals surface area contributed by atoms with E-state index in [-0.39, 0.29) is 11.8 Å². The molecule has 1 aromatic rings. The fourth-order valence-electron chi connectivity index (χ4n) is 2.20. The van der Waals surface area contributed by atoms with Crippen LogP contribution in [0.4, 0.5) is 11.4 Å². The number of hydrogen-bond donors (Lipinski definition) is 2. The summed E-state index contributed by atoms with van der Waals surface area (Å²) in [7, 11) is 7.80. The Kier molecular flexibility index (Phi) is 7.42. The largest absolute Gasteiger partial charge is 0.377 e. The van der Waals surface area contributed by atoms with E-state index in [1.54, 1.807) is 6.07 Å². The van der Waals surface area contributed by atoms with Gasteiger partial charge in [-0.05, 0) is 45.3 Å². The van der Waals surface area contributed by atoms with Gasteiger partial charge in [-0.25, -0.2) is 0 Å². The van der Waals surface area contributed by atoms with Crippen molar-refractivity contribution in [1.82, 2.24) is 10.2 Å². The molecule has 0 unspecified atom stereocenters. The summed E-state index contributed by atoms with van der Waals surface area (Å²) in [6.07, 6.45) is 0.885. The number of nitrogens with zero attached hydrogens (tertiary/aromatic N) is 2. The molecular formula is C19H32N4O2. The predicted molar refractivity (Wildman–Crippen MR) is 104 cm³/mol. The van der Waals surface area contributed by atoms with Crippen molar-refractivity contribution in [3.05, 3.63) is 23.8 Å². The van der Waals surface area contributed by atoms with E-state index < -0.39 is 5.41 Å². The van der Waals surface area contributed by atoms with E-state index in [2.05, 4.69) is 15.5 Å². The number of rotatable bonds is 7. The molecule has 25 heavy (non-hydrogen) atoms. The van der Waals surface area contributed by atoms with Gasteiger partial charge in [-0.3, -0.25) is 9.59 Å². The van der Waals surface area contributed by atoms with Crippen LogP contribution in [0.1, 0.15) is 37.6 Å². The van der Waals surface area contributed by atoms with Gasteiger partial charge in [0.2, 0.25) is 5.91 Å². The van der Waals surface area contributed by atoms with Crippen molar-refractivity contribution < 1.29 is 9.59 Å². The lowest BCUT2D eigenvalue weighted by Gasteiger charge is -2.21. The van der Waals surface area contributed by atoms with Crippen LogP contribution >= 0.6 is 0 Å². The van der Waals surface area contributed by atoms with E-state index in [0.29, 0.717) is 17.8 Å². The van der Waals surface area contributed by atoms with E-state index in [9.17, 15) is 9.59 Å². The Balaban J connectivity index is 2.92. The Labute approximate surface area is 151 Å². The fraction of sp³-hybridized carbons (Fsp3) is 0.579. The van der Waals surface area contributed by atoms with Gasteiger partial charge in [0, 0.05) is 37.4 Å². The smallest absolute Gasteiger partial charge is 0.253 e. The number of hydrogen-bond acceptors (Lipinski definition) is 4. The first-order valence-corrected chi connectivity index (χ1v) is 8.58. The highest BCUT2D eigenvalue weighted by molar-refractivity contribution is 6.02. The summed E-state index contributed by atoms with van der Waals surface area (Å²) in [5.41, 5.74) is 1.51. The molecule has 0 radical (unpaired) electrons. The lowest BCUT2D eigenvalue weighted by Crippen LogP contribution is -2.30. The molecule has 0 spiro atoms. The lowest BCUT2D eigenvalue weighted by molar-refractivity contribution is -0.123. The second kappa shape index (κ2) is 8.85. The molecule has 0 bridgehead atoms. The highest BCUT2D eigenvalue weighted by atomic mass is 16.2. The molecule has 0 aromatic heterocycles. The van der Waals surface area contributed by atoms with Gasteiger partial charge >= 0.3 is 0 Å². The summed E-state index contributed by atoms with van der Waals surface area (Å²) >= 11 is 0. The van der Waals surface area contributed by atoms with Crippen molar-refractivity contribution in [2.24, 2.45) is 5.41 Å². The van der Waals surface area contributed by atoms with Crippen LogP contribution in [0.2, 0.25) is 0 Å². The molecule has 0 saturated carbocycles. The van der Waals surface area contributed by atoms with Crippen LogP contribution in [0, 0.1) is 5.41 Å². The molecule has 2 N–H and O–H groups in total. The maximum Gasteiger partial charge on any atom is 0.253 e. The van der Waals surface area contributed by atoms with Crippen LogP contribution in [-0.4, -0.2) is 58.0 Å². The Morgan fingerprint density at radius 3 is 2.24 bits per heavy atom. The van der Waals surface area contributed by atoms with Crippen molar-refractivity contribution in [1.29, 1.82) is 0 Å². The monoisotopic (exact) mass is 348 g/mol. The zero-order valence-electron chi connectivity index (χ0n) is 16.6. The molecule has 0 aliphatic rings. The molecule has 2 amide bonds. The van der Waals surface area contributed by atoms with Crippen LogP contribution in [0.15, 0.2) is 18.2 Å². The number of nitrogens with one attached hydrogen (secondary N) is 2. The minimum Gasteiger partial charge on any atom is -0.377 e. The topological polar surface area (TPSA) is 64.7 Å². The van der Waals surface area contributed by atoms with E-state index in [1.807, 2.05) is 66.0 Å². The molecule has 0 saturated heterocycles. The number of amides is 2. The van der Waals surface area contributed by atoms with Crippen LogP contribution in [0.25, 0.3) is 0 Å². The molecular weight excluding hydrogens is 316 g/mol. The summed E-state index contributed by atoms with van der Waals surface area (Å²) in [4.78, 5) is 28.7. The minimum absolute atomic E-state index is 0.0811. The van der Waals surface area contributed by atoms with E-state index in [1.165, 1.54) is 0 Å². The quantitative estimate of drug-likeness (QED) is 0.743. The van der Waals surface area contributed by atoms with Crippen molar-refractivity contribution in [3.63, 3.8) is 0 Å². The molecule has 140 valence electrons. The minimum atomic E-state index is -0.491. The van der Waals surface area contributed by atoms with Gasteiger partial charge in [0.1, 0.15) is 0 Å². The maximum atomic E-state index is 12.6. The Morgan fingerprint density at radius 1 is 1.08 bits per heavy atom. The molecule has 0 fully saturated rings. The number of carbonyl (C=O) groups excluding carboxylic acids is 2. The average molecular weight is 348 g/mol. The van der Waals surface area contributed by atoms with Crippen molar-refractivity contribution >= 4 is 23.2 Å². The fourth-order valence-corrected chi connectivity index (χ4v) is 2.20. The van der Waals surface area contributed by atoms with Gasteiger partial charge in [-0.2, -0.15) is 0 Å². The molecule has 0 aliphatic heterocycles. The van der Waals surface area contributed by atoms with Crippen LogP contribution in [-0.2, 0) is 4.79 Å². The Bertz CT molecular complexity index is 604. The first-order valence-electron chi connectivity index (χ1n) is 8.58. The molecule has 6 heteroatoms. The van der Waals surface area contributed by atoms with Crippen molar-refractivity contribution in [2.75, 3.05) is 51.5 Å². The summed E-state index contributed by atoms with van der Waals surface area (Å²) in [5, 5.41) is 5.84. The van der Waals surface area contributed by atoms with Gasteiger partial charge < -0.3 is 20.4 Å². The van der Waals surface area contributed by atoms with E-state index in [4.69, 9.17) is 0 Å². The average Bonchev–Trinajstić information content (AvgIpc) is 2.49. The lowest BCUT2D eigenvalue weighted by atomic mass is 9.95. The van der Waals surface area contributed by atoms with Crippen LogP contribution in [0.5, 0.6) is 0 Å². The third-order valence-corrected chi connectivity index (χ3v) is 3.73. The second-order valence-electron chi connectivity index (χ2n) is 7.74. The second-order valence-corrected chi connectivity index (χ2v) is 7.74. The Hall–Kier alpha value is -2.08. The van der Waals surface area contributed by atoms with Gasteiger partial charge in [0.05, 0.1) is 5.56 Å². The molecule has 0 atom stereocenters. The third kappa shape index (κ3) is 6.74. The molecule has 0 aliphatic carbocycles. The number of carbonyl (C=O) groups is 2. The zero-order chi connectivity index (χ0) is 19.2. The summed E-state index contributed by atoms with van der Waals surface area (Å²) in [5.74, 6) is -0.211. The van der Waals surface area contributed by atoms with E-state index >= 15 is 0 Å². The third-order valence-electron chi connectivity index (χ3n) is 3.73. The number of anilines is 2. The number of benzene rings is 1. The first-order chi connectivity index (χ1) is 11.5.